The number of fused-ring (bicyclic) bond motifs is 1. The van der Waals surface area contributed by atoms with Crippen LogP contribution in [-0.4, -0.2) is 59.4 Å². The molecule has 2 aromatic carbocycles. The molecule has 2 heterocycles. The summed E-state index contributed by atoms with van der Waals surface area (Å²) in [4.78, 5) is 27.4. The highest BCUT2D eigenvalue weighted by molar-refractivity contribution is 7.89. The maximum absolute atomic E-state index is 12.9. The number of aromatic nitrogens is 2. The van der Waals surface area contributed by atoms with Gasteiger partial charge in [0.1, 0.15) is 5.82 Å². The zero-order valence-electron chi connectivity index (χ0n) is 17.9. The third-order valence-electron chi connectivity index (χ3n) is 5.47. The average molecular weight is 474 g/mol. The van der Waals surface area contributed by atoms with Gasteiger partial charge in [-0.05, 0) is 24.3 Å². The van der Waals surface area contributed by atoms with Crippen LogP contribution in [0.1, 0.15) is 12.2 Å². The molecule has 0 saturated carbocycles. The number of rotatable bonds is 7. The maximum Gasteiger partial charge on any atom is 0.271 e. The van der Waals surface area contributed by atoms with Crippen LogP contribution in [0.15, 0.2) is 47.4 Å². The summed E-state index contributed by atoms with van der Waals surface area (Å²) in [5, 5.41) is 13.5. The van der Waals surface area contributed by atoms with Crippen molar-refractivity contribution in [1.29, 1.82) is 0 Å². The summed E-state index contributed by atoms with van der Waals surface area (Å²) in [6.45, 7) is 1.36. The predicted octanol–water partition coefficient (Wildman–Crippen LogP) is 2.07. The predicted molar refractivity (Wildman–Crippen MR) is 120 cm³/mol. The first-order valence-electron chi connectivity index (χ1n) is 10.3. The van der Waals surface area contributed by atoms with Gasteiger partial charge in [0, 0.05) is 50.8 Å². The Morgan fingerprint density at radius 2 is 1.97 bits per heavy atom. The van der Waals surface area contributed by atoms with Crippen molar-refractivity contribution in [1.82, 2.24) is 13.9 Å². The molecule has 12 heteroatoms. The number of benzene rings is 2. The van der Waals surface area contributed by atoms with Crippen LogP contribution in [0.4, 0.5) is 11.4 Å². The number of morpholine rings is 1. The number of nitrogens with one attached hydrogen (secondary N) is 1. The molecular weight excluding hydrogens is 450 g/mol. The Labute approximate surface area is 190 Å². The first-order valence-corrected chi connectivity index (χ1v) is 11.8. The fourth-order valence-electron chi connectivity index (χ4n) is 3.70. The molecule has 0 spiro atoms. The number of sulfonamides is 1. The average Bonchev–Trinajstić information content (AvgIpc) is 3.13. The largest absolute Gasteiger partial charge is 0.379 e. The number of hydrogen-bond donors (Lipinski definition) is 1. The first kappa shape index (κ1) is 22.8. The number of carbonyl (C=O) groups is 1. The molecule has 4 rings (SSSR count). The van der Waals surface area contributed by atoms with Crippen LogP contribution in [-0.2, 0) is 33.0 Å². The van der Waals surface area contributed by atoms with Gasteiger partial charge in [-0.3, -0.25) is 14.9 Å². The highest BCUT2D eigenvalue weighted by Crippen LogP contribution is 2.24. The second kappa shape index (κ2) is 9.25. The van der Waals surface area contributed by atoms with E-state index in [1.165, 1.54) is 22.5 Å². The van der Waals surface area contributed by atoms with Crippen LogP contribution < -0.4 is 5.32 Å². The van der Waals surface area contributed by atoms with Crippen molar-refractivity contribution in [3.05, 3.63) is 58.4 Å². The highest BCUT2D eigenvalue weighted by atomic mass is 32.2. The maximum atomic E-state index is 12.9. The summed E-state index contributed by atoms with van der Waals surface area (Å²) in [6, 6.07) is 10.5. The lowest BCUT2D eigenvalue weighted by Crippen LogP contribution is -2.40. The second-order valence-corrected chi connectivity index (χ2v) is 9.55. The van der Waals surface area contributed by atoms with Gasteiger partial charge in [0.2, 0.25) is 15.9 Å². The Hall–Kier alpha value is -3.35. The molecular formula is C21H23N5O6S. The zero-order valence-corrected chi connectivity index (χ0v) is 18.7. The molecule has 1 aromatic heterocycles. The van der Waals surface area contributed by atoms with E-state index in [-0.39, 0.29) is 22.9 Å². The van der Waals surface area contributed by atoms with Crippen molar-refractivity contribution in [2.45, 2.75) is 17.7 Å². The molecule has 1 amide bonds. The molecule has 3 aromatic rings. The molecule has 1 N–H and O–H groups in total. The molecule has 1 fully saturated rings. The molecule has 0 bridgehead atoms. The van der Waals surface area contributed by atoms with Gasteiger partial charge in [0.25, 0.3) is 5.69 Å². The van der Waals surface area contributed by atoms with Crippen molar-refractivity contribution in [3.63, 3.8) is 0 Å². The van der Waals surface area contributed by atoms with Gasteiger partial charge in [-0.25, -0.2) is 13.4 Å². The number of ether oxygens (including phenoxy) is 1. The summed E-state index contributed by atoms with van der Waals surface area (Å²) < 4.78 is 34.3. The van der Waals surface area contributed by atoms with Gasteiger partial charge >= 0.3 is 0 Å². The fraction of sp³-hybridized carbons (Fsp3) is 0.333. The van der Waals surface area contributed by atoms with Crippen LogP contribution in [0.5, 0.6) is 0 Å². The van der Waals surface area contributed by atoms with Crippen molar-refractivity contribution >= 4 is 38.3 Å². The molecule has 0 unspecified atom stereocenters. The number of non-ortho nitro benzene ring substituents is 1. The summed E-state index contributed by atoms with van der Waals surface area (Å²) in [7, 11) is -1.83. The number of nitrogens with zero attached hydrogens (tertiary/aromatic N) is 4. The van der Waals surface area contributed by atoms with Crippen molar-refractivity contribution in [2.24, 2.45) is 7.05 Å². The fourth-order valence-corrected chi connectivity index (χ4v) is 5.12. The lowest BCUT2D eigenvalue weighted by atomic mass is 10.2. The summed E-state index contributed by atoms with van der Waals surface area (Å²) in [6.07, 6.45) is 0.427. The third-order valence-corrected chi connectivity index (χ3v) is 7.36. The molecule has 0 aliphatic carbocycles. The summed E-state index contributed by atoms with van der Waals surface area (Å²) >= 11 is 0. The highest BCUT2D eigenvalue weighted by Gasteiger charge is 2.27. The van der Waals surface area contributed by atoms with Gasteiger partial charge in [0.05, 0.1) is 34.1 Å². The lowest BCUT2D eigenvalue weighted by molar-refractivity contribution is -0.384. The van der Waals surface area contributed by atoms with Gasteiger partial charge in [-0.1, -0.05) is 6.07 Å². The molecule has 0 radical (unpaired) electrons. The van der Waals surface area contributed by atoms with E-state index in [1.807, 2.05) is 4.57 Å². The Bertz CT molecular complexity index is 1310. The summed E-state index contributed by atoms with van der Waals surface area (Å²) in [5.41, 5.74) is 1.52. The minimum absolute atomic E-state index is 0.106. The smallest absolute Gasteiger partial charge is 0.271 e. The number of carbonyl (C=O) groups excluding carboxylic acids is 1. The van der Waals surface area contributed by atoms with E-state index in [0.29, 0.717) is 49.8 Å². The monoisotopic (exact) mass is 473 g/mol. The zero-order chi connectivity index (χ0) is 23.6. The number of anilines is 1. The minimum atomic E-state index is -3.64. The Morgan fingerprint density at radius 1 is 1.21 bits per heavy atom. The SMILES string of the molecule is Cn1c(CCC(=O)Nc2cccc([N+](=O)[O-])c2)nc2cc(S(=O)(=O)N3CCOCC3)ccc21. The number of imidazole rings is 1. The van der Waals surface area contributed by atoms with Crippen LogP contribution >= 0.6 is 0 Å². The van der Waals surface area contributed by atoms with Crippen molar-refractivity contribution in [3.8, 4) is 0 Å². The first-order chi connectivity index (χ1) is 15.8. The van der Waals surface area contributed by atoms with Crippen LogP contribution in [0.3, 0.4) is 0 Å². The van der Waals surface area contributed by atoms with E-state index in [1.54, 1.807) is 31.3 Å². The number of hydrogen-bond acceptors (Lipinski definition) is 7. The van der Waals surface area contributed by atoms with Gasteiger partial charge in [-0.15, -0.1) is 0 Å². The van der Waals surface area contributed by atoms with Gasteiger partial charge in [-0.2, -0.15) is 4.31 Å². The topological polar surface area (TPSA) is 137 Å². The second-order valence-electron chi connectivity index (χ2n) is 7.61. The molecule has 1 aliphatic heterocycles. The standard InChI is InChI=1S/C21H23N5O6S/c1-24-19-6-5-17(33(30,31)25-9-11-32-12-10-25)14-18(19)23-20(24)7-8-21(27)22-15-3-2-4-16(13-15)26(28)29/h2-6,13-14H,7-12H2,1H3,(H,22,27). The molecule has 11 nitrogen and oxygen atoms in total. The van der Waals surface area contributed by atoms with E-state index in [2.05, 4.69) is 10.3 Å². The van der Waals surface area contributed by atoms with Gasteiger partial charge in [0.15, 0.2) is 0 Å². The van der Waals surface area contributed by atoms with Crippen molar-refractivity contribution in [2.75, 3.05) is 31.6 Å². The van der Waals surface area contributed by atoms with E-state index >= 15 is 0 Å². The molecule has 1 aliphatic rings. The number of nitro benzene ring substituents is 1. The minimum Gasteiger partial charge on any atom is -0.379 e. The molecule has 174 valence electrons. The molecule has 0 atom stereocenters. The number of aryl methyl sites for hydroxylation is 2. The van der Waals surface area contributed by atoms with Gasteiger partial charge < -0.3 is 14.6 Å². The summed E-state index contributed by atoms with van der Waals surface area (Å²) in [5.74, 6) is 0.318. The van der Waals surface area contributed by atoms with Crippen LogP contribution in [0.2, 0.25) is 0 Å². The molecule has 33 heavy (non-hydrogen) atoms. The Kier molecular flexibility index (Phi) is 6.40. The third kappa shape index (κ3) is 4.87. The molecule has 1 saturated heterocycles. The number of amides is 1. The quantitative estimate of drug-likeness (QED) is 0.410. The van der Waals surface area contributed by atoms with E-state index < -0.39 is 14.9 Å². The normalized spacial score (nSPS) is 14.9. The van der Waals surface area contributed by atoms with E-state index in [4.69, 9.17) is 4.74 Å². The van der Waals surface area contributed by atoms with Crippen LogP contribution in [0.25, 0.3) is 11.0 Å². The lowest BCUT2D eigenvalue weighted by Gasteiger charge is -2.26. The van der Waals surface area contributed by atoms with Crippen molar-refractivity contribution < 1.29 is 22.9 Å². The Balaban J connectivity index is 1.47. The van der Waals surface area contributed by atoms with E-state index in [9.17, 15) is 23.3 Å². The van der Waals surface area contributed by atoms with Crippen LogP contribution in [0, 0.1) is 10.1 Å². The Morgan fingerprint density at radius 3 is 2.70 bits per heavy atom. The number of nitro groups is 1. The van der Waals surface area contributed by atoms with E-state index in [0.717, 1.165) is 5.52 Å².